The second-order valence-corrected chi connectivity index (χ2v) is 4.74. The van der Waals surface area contributed by atoms with Gasteiger partial charge in [-0.2, -0.15) is 0 Å². The second kappa shape index (κ2) is 6.31. The van der Waals surface area contributed by atoms with Gasteiger partial charge in [0.1, 0.15) is 5.82 Å². The summed E-state index contributed by atoms with van der Waals surface area (Å²) in [5.41, 5.74) is 0.902. The first-order chi connectivity index (χ1) is 9.13. The monoisotopic (exact) mass is 264 g/mol. The van der Waals surface area contributed by atoms with Crippen molar-refractivity contribution in [3.63, 3.8) is 0 Å². The Morgan fingerprint density at radius 3 is 2.47 bits per heavy atom. The van der Waals surface area contributed by atoms with Gasteiger partial charge in [0.05, 0.1) is 6.54 Å². The normalized spacial score (nSPS) is 13.9. The number of amides is 2. The number of nitrogens with one attached hydrogen (secondary N) is 2. The van der Waals surface area contributed by atoms with Gasteiger partial charge in [-0.3, -0.25) is 9.59 Å². The van der Waals surface area contributed by atoms with E-state index in [0.717, 1.165) is 18.4 Å². The van der Waals surface area contributed by atoms with Crippen LogP contribution in [0.2, 0.25) is 0 Å². The van der Waals surface area contributed by atoms with Gasteiger partial charge < -0.3 is 10.6 Å². The number of rotatable bonds is 6. The van der Waals surface area contributed by atoms with Gasteiger partial charge in [0, 0.05) is 12.5 Å². The molecule has 1 saturated carbocycles. The fourth-order valence-corrected chi connectivity index (χ4v) is 1.68. The third-order valence-corrected chi connectivity index (χ3v) is 2.94. The Balaban J connectivity index is 1.63. The van der Waals surface area contributed by atoms with Crippen molar-refractivity contribution in [3.05, 3.63) is 35.6 Å². The zero-order chi connectivity index (χ0) is 13.7. The van der Waals surface area contributed by atoms with Gasteiger partial charge in [0.15, 0.2) is 0 Å². The Kier molecular flexibility index (Phi) is 4.49. The van der Waals surface area contributed by atoms with Gasteiger partial charge in [0.25, 0.3) is 0 Å². The molecule has 2 rings (SSSR count). The van der Waals surface area contributed by atoms with Crippen LogP contribution >= 0.6 is 0 Å². The van der Waals surface area contributed by atoms with Gasteiger partial charge >= 0.3 is 0 Å². The number of halogens is 1. The van der Waals surface area contributed by atoms with E-state index < -0.39 is 0 Å². The summed E-state index contributed by atoms with van der Waals surface area (Å²) < 4.78 is 12.7. The molecular formula is C14H17FN2O2. The minimum atomic E-state index is -0.287. The zero-order valence-electron chi connectivity index (χ0n) is 10.6. The van der Waals surface area contributed by atoms with Crippen molar-refractivity contribution in [1.82, 2.24) is 10.6 Å². The van der Waals surface area contributed by atoms with Crippen LogP contribution in [0.5, 0.6) is 0 Å². The summed E-state index contributed by atoms with van der Waals surface area (Å²) in [5.74, 6) is -0.599. The summed E-state index contributed by atoms with van der Waals surface area (Å²) in [6.45, 7) is 0.0265. The molecule has 102 valence electrons. The maximum Gasteiger partial charge on any atom is 0.239 e. The summed E-state index contributed by atoms with van der Waals surface area (Å²) >= 11 is 0. The van der Waals surface area contributed by atoms with Crippen molar-refractivity contribution >= 4 is 11.8 Å². The second-order valence-electron chi connectivity index (χ2n) is 4.74. The van der Waals surface area contributed by atoms with Crippen LogP contribution in [0, 0.1) is 5.82 Å². The molecule has 0 heterocycles. The number of carbonyl (C=O) groups is 2. The molecule has 0 saturated heterocycles. The molecule has 19 heavy (non-hydrogen) atoms. The van der Waals surface area contributed by atoms with Crippen molar-refractivity contribution in [2.45, 2.75) is 31.7 Å². The van der Waals surface area contributed by atoms with E-state index in [1.165, 1.54) is 12.1 Å². The van der Waals surface area contributed by atoms with Gasteiger partial charge in [-0.25, -0.2) is 4.39 Å². The SMILES string of the molecule is O=C(CCc1ccc(F)cc1)NCC(=O)NC1CC1. The molecule has 0 atom stereocenters. The predicted molar refractivity (Wildman–Crippen MR) is 68.9 cm³/mol. The molecule has 0 unspecified atom stereocenters. The third kappa shape index (κ3) is 5.07. The number of benzene rings is 1. The van der Waals surface area contributed by atoms with E-state index in [2.05, 4.69) is 10.6 Å². The van der Waals surface area contributed by atoms with E-state index >= 15 is 0 Å². The summed E-state index contributed by atoms with van der Waals surface area (Å²) in [6.07, 6.45) is 2.90. The van der Waals surface area contributed by atoms with E-state index in [0.29, 0.717) is 18.9 Å². The lowest BCUT2D eigenvalue weighted by atomic mass is 10.1. The Morgan fingerprint density at radius 1 is 1.16 bits per heavy atom. The van der Waals surface area contributed by atoms with Crippen LogP contribution in [0.4, 0.5) is 4.39 Å². The van der Waals surface area contributed by atoms with Crippen molar-refractivity contribution in [1.29, 1.82) is 0 Å². The lowest BCUT2D eigenvalue weighted by molar-refractivity contribution is -0.126. The average molecular weight is 264 g/mol. The number of hydrogen-bond donors (Lipinski definition) is 2. The first-order valence-corrected chi connectivity index (χ1v) is 6.44. The summed E-state index contributed by atoms with van der Waals surface area (Å²) in [4.78, 5) is 22.9. The topological polar surface area (TPSA) is 58.2 Å². The van der Waals surface area contributed by atoms with Crippen molar-refractivity contribution in [2.75, 3.05) is 6.54 Å². The molecule has 0 spiro atoms. The predicted octanol–water partition coefficient (Wildman–Crippen LogP) is 1.15. The molecule has 1 aliphatic rings. The van der Waals surface area contributed by atoms with Crippen molar-refractivity contribution < 1.29 is 14.0 Å². The standard InChI is InChI=1S/C14H17FN2O2/c15-11-4-1-10(2-5-11)3-8-13(18)16-9-14(19)17-12-6-7-12/h1-2,4-5,12H,3,6-9H2,(H,16,18)(H,17,19). The van der Waals surface area contributed by atoms with Crippen LogP contribution in [0.15, 0.2) is 24.3 Å². The van der Waals surface area contributed by atoms with Crippen LogP contribution in [-0.4, -0.2) is 24.4 Å². The van der Waals surface area contributed by atoms with E-state index in [-0.39, 0.29) is 24.2 Å². The summed E-state index contributed by atoms with van der Waals surface area (Å²) in [7, 11) is 0. The Morgan fingerprint density at radius 2 is 1.84 bits per heavy atom. The number of carbonyl (C=O) groups excluding carboxylic acids is 2. The van der Waals surface area contributed by atoms with E-state index in [1.807, 2.05) is 0 Å². The third-order valence-electron chi connectivity index (χ3n) is 2.94. The van der Waals surface area contributed by atoms with Crippen molar-refractivity contribution in [2.24, 2.45) is 0 Å². The first kappa shape index (κ1) is 13.5. The van der Waals surface area contributed by atoms with Crippen molar-refractivity contribution in [3.8, 4) is 0 Å². The highest BCUT2D eigenvalue weighted by Crippen LogP contribution is 2.18. The quantitative estimate of drug-likeness (QED) is 0.810. The highest BCUT2D eigenvalue weighted by molar-refractivity contribution is 5.85. The fraction of sp³-hybridized carbons (Fsp3) is 0.429. The number of aryl methyl sites for hydroxylation is 1. The summed E-state index contributed by atoms with van der Waals surface area (Å²) in [5, 5.41) is 5.37. The van der Waals surface area contributed by atoms with Crippen LogP contribution in [0.3, 0.4) is 0 Å². The lowest BCUT2D eigenvalue weighted by Crippen LogP contribution is -2.37. The fourth-order valence-electron chi connectivity index (χ4n) is 1.68. The molecule has 1 aromatic rings. The number of hydrogen-bond acceptors (Lipinski definition) is 2. The average Bonchev–Trinajstić information content (AvgIpc) is 3.19. The molecule has 4 nitrogen and oxygen atoms in total. The maximum atomic E-state index is 12.7. The summed E-state index contributed by atoms with van der Waals surface area (Å²) in [6, 6.07) is 6.36. The Bertz CT molecular complexity index is 455. The first-order valence-electron chi connectivity index (χ1n) is 6.44. The lowest BCUT2D eigenvalue weighted by Gasteiger charge is -2.06. The molecule has 5 heteroatoms. The Labute approximate surface area is 111 Å². The molecule has 1 aliphatic carbocycles. The minimum absolute atomic E-state index is 0.0265. The molecule has 1 aromatic carbocycles. The highest BCUT2D eigenvalue weighted by atomic mass is 19.1. The van der Waals surface area contributed by atoms with Crippen LogP contribution in [-0.2, 0) is 16.0 Å². The van der Waals surface area contributed by atoms with Gasteiger partial charge in [-0.15, -0.1) is 0 Å². The molecule has 0 aliphatic heterocycles. The van der Waals surface area contributed by atoms with Crippen LogP contribution < -0.4 is 10.6 Å². The molecule has 2 N–H and O–H groups in total. The Hall–Kier alpha value is -1.91. The largest absolute Gasteiger partial charge is 0.352 e. The van der Waals surface area contributed by atoms with Gasteiger partial charge in [0.2, 0.25) is 11.8 Å². The molecule has 0 radical (unpaired) electrons. The van der Waals surface area contributed by atoms with Crippen LogP contribution in [0.1, 0.15) is 24.8 Å². The molecule has 0 bridgehead atoms. The smallest absolute Gasteiger partial charge is 0.239 e. The minimum Gasteiger partial charge on any atom is -0.352 e. The van der Waals surface area contributed by atoms with E-state index in [9.17, 15) is 14.0 Å². The molecule has 2 amide bonds. The van der Waals surface area contributed by atoms with Gasteiger partial charge in [-0.1, -0.05) is 12.1 Å². The van der Waals surface area contributed by atoms with E-state index in [1.54, 1.807) is 12.1 Å². The highest BCUT2D eigenvalue weighted by Gasteiger charge is 2.23. The molecule has 0 aromatic heterocycles. The van der Waals surface area contributed by atoms with Crippen LogP contribution in [0.25, 0.3) is 0 Å². The van der Waals surface area contributed by atoms with Gasteiger partial charge in [-0.05, 0) is 37.0 Å². The van der Waals surface area contributed by atoms with E-state index in [4.69, 9.17) is 0 Å². The zero-order valence-corrected chi connectivity index (χ0v) is 10.6. The molecular weight excluding hydrogens is 247 g/mol. The maximum absolute atomic E-state index is 12.7. The molecule has 1 fully saturated rings.